The van der Waals surface area contributed by atoms with E-state index in [4.69, 9.17) is 13.9 Å². The number of hydrogen-bond donors (Lipinski definition) is 2. The second-order valence-corrected chi connectivity index (χ2v) is 14.2. The van der Waals surface area contributed by atoms with Gasteiger partial charge in [-0.25, -0.2) is 4.79 Å². The molecular formula is C43H43N3O10. The predicted molar refractivity (Wildman–Crippen MR) is 209 cm³/mol. The van der Waals surface area contributed by atoms with Crippen LogP contribution in [0.25, 0.3) is 10.8 Å². The molecule has 0 aliphatic rings. The molecule has 1 aromatic heterocycles. The van der Waals surface area contributed by atoms with Crippen molar-refractivity contribution in [3.05, 3.63) is 153 Å². The number of nitro groups is 1. The number of carbonyl (C=O) groups is 4. The highest BCUT2D eigenvalue weighted by molar-refractivity contribution is 6.04. The maximum atomic E-state index is 14.6. The third-order valence-corrected chi connectivity index (χ3v) is 9.05. The zero-order valence-corrected chi connectivity index (χ0v) is 31.7. The Labute approximate surface area is 323 Å². The summed E-state index contributed by atoms with van der Waals surface area (Å²) >= 11 is 0. The van der Waals surface area contributed by atoms with E-state index in [1.165, 1.54) is 23.1 Å². The number of nitrogens with zero attached hydrogens (tertiary/aromatic N) is 2. The molecule has 290 valence electrons. The summed E-state index contributed by atoms with van der Waals surface area (Å²) in [6.07, 6.45) is -0.641. The van der Waals surface area contributed by atoms with Gasteiger partial charge in [0.05, 0.1) is 24.0 Å². The van der Waals surface area contributed by atoms with Crippen molar-refractivity contribution >= 4 is 45.9 Å². The van der Waals surface area contributed by atoms with Crippen molar-refractivity contribution in [2.75, 3.05) is 12.4 Å². The number of ether oxygens (including phenoxy) is 2. The molecule has 13 nitrogen and oxygen atoms in total. The van der Waals surface area contributed by atoms with Gasteiger partial charge in [-0.2, -0.15) is 0 Å². The molecule has 0 bridgehead atoms. The molecule has 5 rings (SSSR count). The maximum Gasteiger partial charge on any atom is 0.339 e. The number of methoxy groups -OCH3 is 1. The number of rotatable bonds is 14. The number of furan rings is 1. The lowest BCUT2D eigenvalue weighted by atomic mass is 9.87. The number of nitrogens with one attached hydrogen (secondary N) is 1. The van der Waals surface area contributed by atoms with Crippen LogP contribution in [0.4, 0.5) is 11.4 Å². The summed E-state index contributed by atoms with van der Waals surface area (Å²) in [5.74, 6) is -4.67. The van der Waals surface area contributed by atoms with Crippen molar-refractivity contribution in [1.29, 1.82) is 0 Å². The summed E-state index contributed by atoms with van der Waals surface area (Å²) in [6, 6.07) is 30.3. The SMILES string of the molecule is COC(=O)CC(C(=O)OC(C)(C)C)=C(O)C(=O)N(Cc1ccc2ccccc2c1)C(C)C(Cc1ccc(C(=O)Nc2ccccc2)o1)c1ccc([N+](=O)[O-])cc1. The number of para-hydroxylation sites is 1. The van der Waals surface area contributed by atoms with Crippen LogP contribution in [0.15, 0.2) is 125 Å². The summed E-state index contributed by atoms with van der Waals surface area (Å²) in [5.41, 5.74) is 0.0783. The molecular weight excluding hydrogens is 718 g/mol. The molecule has 0 aliphatic carbocycles. The van der Waals surface area contributed by atoms with E-state index in [9.17, 15) is 34.4 Å². The number of anilines is 1. The van der Waals surface area contributed by atoms with Gasteiger partial charge in [0.15, 0.2) is 11.5 Å². The molecule has 13 heteroatoms. The third kappa shape index (κ3) is 10.3. The summed E-state index contributed by atoms with van der Waals surface area (Å²) in [6.45, 7) is 6.48. The zero-order valence-electron chi connectivity index (χ0n) is 31.7. The van der Waals surface area contributed by atoms with E-state index >= 15 is 0 Å². The minimum absolute atomic E-state index is 0.0356. The van der Waals surface area contributed by atoms with Crippen LogP contribution in [0.5, 0.6) is 0 Å². The van der Waals surface area contributed by atoms with E-state index in [0.29, 0.717) is 22.6 Å². The van der Waals surface area contributed by atoms with E-state index in [1.807, 2.05) is 48.5 Å². The van der Waals surface area contributed by atoms with Gasteiger partial charge in [-0.05, 0) is 79.9 Å². The van der Waals surface area contributed by atoms with Gasteiger partial charge in [0.1, 0.15) is 11.4 Å². The largest absolute Gasteiger partial charge is 0.503 e. The van der Waals surface area contributed by atoms with Gasteiger partial charge in [-0.1, -0.05) is 66.7 Å². The fourth-order valence-corrected chi connectivity index (χ4v) is 6.18. The Kier molecular flexibility index (Phi) is 12.7. The Morgan fingerprint density at radius 2 is 1.55 bits per heavy atom. The number of fused-ring (bicyclic) bond motifs is 1. The third-order valence-electron chi connectivity index (χ3n) is 9.05. The number of amides is 2. The quantitative estimate of drug-likeness (QED) is 0.0370. The van der Waals surface area contributed by atoms with Gasteiger partial charge in [-0.15, -0.1) is 0 Å². The average Bonchev–Trinajstić information content (AvgIpc) is 3.66. The summed E-state index contributed by atoms with van der Waals surface area (Å²) in [7, 11) is 1.11. The molecule has 0 aliphatic heterocycles. The number of carbonyl (C=O) groups excluding carboxylic acids is 4. The van der Waals surface area contributed by atoms with Gasteiger partial charge >= 0.3 is 11.9 Å². The van der Waals surface area contributed by atoms with Crippen LogP contribution >= 0.6 is 0 Å². The minimum atomic E-state index is -1.07. The number of benzene rings is 4. The maximum absolute atomic E-state index is 14.6. The van der Waals surface area contributed by atoms with Gasteiger partial charge in [0.25, 0.3) is 17.5 Å². The molecule has 0 saturated heterocycles. The molecule has 1 heterocycles. The highest BCUT2D eigenvalue weighted by Gasteiger charge is 2.35. The molecule has 2 N–H and O–H groups in total. The fraction of sp³-hybridized carbons (Fsp3) is 0.256. The molecule has 56 heavy (non-hydrogen) atoms. The lowest BCUT2D eigenvalue weighted by Gasteiger charge is -2.35. The molecule has 0 spiro atoms. The van der Waals surface area contributed by atoms with Gasteiger partial charge in [0, 0.05) is 42.7 Å². The molecule has 5 aromatic rings. The van der Waals surface area contributed by atoms with Crippen LogP contribution in [-0.2, 0) is 36.8 Å². The standard InChI is InChI=1S/C43H43N3O10/c1-27(35(30-17-19-33(20-18-30)46(52)53)24-34-21-22-37(55-34)40(49)44-32-13-7-6-8-14-32)45(26-28-15-16-29-11-9-10-12-31(29)23-28)41(50)39(48)36(25-38(47)54-5)42(51)56-43(2,3)4/h6-23,27,35,48H,24-26H2,1-5H3,(H,44,49). The fourth-order valence-electron chi connectivity index (χ4n) is 6.18. The van der Waals surface area contributed by atoms with E-state index in [2.05, 4.69) is 5.32 Å². The van der Waals surface area contributed by atoms with Gasteiger partial charge < -0.3 is 29.2 Å². The van der Waals surface area contributed by atoms with Crippen LogP contribution in [-0.4, -0.2) is 57.4 Å². The van der Waals surface area contributed by atoms with Crippen molar-refractivity contribution in [1.82, 2.24) is 4.90 Å². The molecule has 0 fully saturated rings. The number of hydrogen-bond acceptors (Lipinski definition) is 10. The Bertz CT molecular complexity index is 2260. The number of esters is 2. The summed E-state index contributed by atoms with van der Waals surface area (Å²) < 4.78 is 16.3. The average molecular weight is 762 g/mol. The smallest absolute Gasteiger partial charge is 0.339 e. The molecule has 2 atom stereocenters. The highest BCUT2D eigenvalue weighted by atomic mass is 16.6. The molecule has 0 saturated carbocycles. The van der Waals surface area contributed by atoms with Crippen LogP contribution in [0.2, 0.25) is 0 Å². The first-order valence-corrected chi connectivity index (χ1v) is 17.8. The van der Waals surface area contributed by atoms with Crippen molar-refractivity contribution in [3.8, 4) is 0 Å². The topological polar surface area (TPSA) is 179 Å². The van der Waals surface area contributed by atoms with Gasteiger partial charge in [-0.3, -0.25) is 24.5 Å². The Morgan fingerprint density at radius 1 is 0.893 bits per heavy atom. The molecule has 0 radical (unpaired) electrons. The van der Waals surface area contributed by atoms with E-state index in [-0.39, 0.29) is 24.4 Å². The Balaban J connectivity index is 1.59. The normalized spacial score (nSPS) is 12.9. The molecule has 2 unspecified atom stereocenters. The van der Waals surface area contributed by atoms with Crippen LogP contribution in [0.3, 0.4) is 0 Å². The summed E-state index contributed by atoms with van der Waals surface area (Å²) in [4.78, 5) is 66.0. The highest BCUT2D eigenvalue weighted by Crippen LogP contribution is 2.33. The van der Waals surface area contributed by atoms with Crippen molar-refractivity contribution in [3.63, 3.8) is 0 Å². The predicted octanol–water partition coefficient (Wildman–Crippen LogP) is 8.05. The lowest BCUT2D eigenvalue weighted by molar-refractivity contribution is -0.384. The van der Waals surface area contributed by atoms with Crippen LogP contribution in [0, 0.1) is 10.1 Å². The zero-order chi connectivity index (χ0) is 40.6. The van der Waals surface area contributed by atoms with E-state index < -0.39 is 64.0 Å². The van der Waals surface area contributed by atoms with Gasteiger partial charge in [0.2, 0.25) is 0 Å². The van der Waals surface area contributed by atoms with Crippen molar-refractivity contribution in [2.24, 2.45) is 0 Å². The van der Waals surface area contributed by atoms with E-state index in [0.717, 1.165) is 17.9 Å². The summed E-state index contributed by atoms with van der Waals surface area (Å²) in [5, 5.41) is 27.8. The minimum Gasteiger partial charge on any atom is -0.503 e. The van der Waals surface area contributed by atoms with Crippen LogP contribution in [0.1, 0.15) is 67.5 Å². The first-order valence-electron chi connectivity index (χ1n) is 17.8. The Hall–Kier alpha value is -6.76. The van der Waals surface area contributed by atoms with Crippen molar-refractivity contribution < 1.29 is 43.1 Å². The number of aliphatic hydroxyl groups excluding tert-OH is 1. The second-order valence-electron chi connectivity index (χ2n) is 14.2. The monoisotopic (exact) mass is 761 g/mol. The first-order chi connectivity index (χ1) is 26.6. The van der Waals surface area contributed by atoms with E-state index in [1.54, 1.807) is 70.2 Å². The molecule has 2 amide bonds. The number of non-ortho nitro benzene ring substituents is 1. The van der Waals surface area contributed by atoms with Crippen LogP contribution < -0.4 is 5.32 Å². The number of aliphatic hydroxyl groups is 1. The number of nitro benzene ring substituents is 1. The Morgan fingerprint density at radius 3 is 2.20 bits per heavy atom. The lowest BCUT2D eigenvalue weighted by Crippen LogP contribution is -2.43. The molecule has 4 aromatic carbocycles. The first kappa shape index (κ1) is 40.4. The van der Waals surface area contributed by atoms with Crippen molar-refractivity contribution in [2.45, 2.75) is 64.6 Å². The second kappa shape index (κ2) is 17.6.